The molecule has 1 unspecified atom stereocenters. The van der Waals surface area contributed by atoms with Gasteiger partial charge < -0.3 is 15.1 Å². The zero-order valence-electron chi connectivity index (χ0n) is 14.9. The zero-order chi connectivity index (χ0) is 17.6. The quantitative estimate of drug-likeness (QED) is 0.840. The van der Waals surface area contributed by atoms with Crippen LogP contribution in [-0.4, -0.2) is 67.5 Å². The second kappa shape index (κ2) is 8.80. The Morgan fingerprint density at radius 2 is 1.88 bits per heavy atom. The first-order valence-electron chi connectivity index (χ1n) is 8.61. The Balaban J connectivity index is 1.44. The maximum atomic E-state index is 12.5. The summed E-state index contributed by atoms with van der Waals surface area (Å²) in [6.07, 6.45) is 0. The first-order valence-corrected chi connectivity index (χ1v) is 10.4. The van der Waals surface area contributed by atoms with Crippen LogP contribution < -0.4 is 5.32 Å². The van der Waals surface area contributed by atoms with Crippen molar-refractivity contribution in [2.75, 3.05) is 46.8 Å². The van der Waals surface area contributed by atoms with Gasteiger partial charge in [0.2, 0.25) is 0 Å². The van der Waals surface area contributed by atoms with Gasteiger partial charge in [0.25, 0.3) is 0 Å². The minimum absolute atomic E-state index is 0.0548. The van der Waals surface area contributed by atoms with Crippen LogP contribution in [0.15, 0.2) is 35.0 Å². The summed E-state index contributed by atoms with van der Waals surface area (Å²) in [6, 6.07) is 8.74. The van der Waals surface area contributed by atoms with Crippen molar-refractivity contribution < 1.29 is 4.79 Å². The van der Waals surface area contributed by atoms with Crippen molar-refractivity contribution in [2.24, 2.45) is 0 Å². The molecule has 0 bridgehead atoms. The lowest BCUT2D eigenvalue weighted by molar-refractivity contribution is 0.134. The highest BCUT2D eigenvalue weighted by Crippen LogP contribution is 2.22. The Morgan fingerprint density at radius 3 is 2.48 bits per heavy atom. The Labute approximate surface area is 157 Å². The molecule has 7 heteroatoms. The highest BCUT2D eigenvalue weighted by molar-refractivity contribution is 7.10. The highest BCUT2D eigenvalue weighted by Gasteiger charge is 2.23. The molecule has 2 aromatic heterocycles. The largest absolute Gasteiger partial charge is 0.336 e. The lowest BCUT2D eigenvalue weighted by atomic mass is 10.2. The van der Waals surface area contributed by atoms with Crippen molar-refractivity contribution in [1.29, 1.82) is 0 Å². The molecule has 2 amide bonds. The Morgan fingerprint density at radius 1 is 1.16 bits per heavy atom. The molecule has 0 saturated carbocycles. The highest BCUT2D eigenvalue weighted by atomic mass is 32.1. The van der Waals surface area contributed by atoms with Gasteiger partial charge in [0.15, 0.2) is 0 Å². The molecule has 1 aliphatic heterocycles. The van der Waals surface area contributed by atoms with Crippen LogP contribution in [0.3, 0.4) is 0 Å². The first-order chi connectivity index (χ1) is 12.1. The van der Waals surface area contributed by atoms with Gasteiger partial charge >= 0.3 is 6.03 Å². The van der Waals surface area contributed by atoms with Crippen molar-refractivity contribution in [3.63, 3.8) is 0 Å². The van der Waals surface area contributed by atoms with E-state index in [0.717, 1.165) is 32.7 Å². The molecule has 1 aliphatic rings. The van der Waals surface area contributed by atoms with Crippen molar-refractivity contribution in [3.05, 3.63) is 44.8 Å². The van der Waals surface area contributed by atoms with E-state index in [1.54, 1.807) is 22.7 Å². The second-order valence-electron chi connectivity index (χ2n) is 6.52. The molecule has 1 fully saturated rings. The fourth-order valence-corrected chi connectivity index (χ4v) is 4.72. The average molecular weight is 379 g/mol. The van der Waals surface area contributed by atoms with E-state index in [1.807, 2.05) is 4.90 Å². The molecule has 2 aromatic rings. The van der Waals surface area contributed by atoms with E-state index in [2.05, 4.69) is 64.2 Å². The van der Waals surface area contributed by atoms with Gasteiger partial charge in [0.1, 0.15) is 0 Å². The van der Waals surface area contributed by atoms with Gasteiger partial charge in [-0.25, -0.2) is 4.79 Å². The van der Waals surface area contributed by atoms with E-state index < -0.39 is 0 Å². The van der Waals surface area contributed by atoms with E-state index >= 15 is 0 Å². The van der Waals surface area contributed by atoms with Gasteiger partial charge in [0, 0.05) is 49.0 Å². The minimum atomic E-state index is 0.0548. The number of carbonyl (C=O) groups is 1. The predicted octanol–water partition coefficient (Wildman–Crippen LogP) is 2.94. The molecule has 0 aromatic carbocycles. The standard InChI is InChI=1S/C18H26N4OS2/c1-20(2)16(17-6-4-12-25-17)13-19-18(23)22-9-7-21(8-10-22)14-15-5-3-11-24-15/h3-6,11-12,16H,7-10,13-14H2,1-2H3,(H,19,23). The summed E-state index contributed by atoms with van der Waals surface area (Å²) < 4.78 is 0. The van der Waals surface area contributed by atoms with Crippen molar-refractivity contribution in [3.8, 4) is 0 Å². The topological polar surface area (TPSA) is 38.8 Å². The number of hydrogen-bond acceptors (Lipinski definition) is 5. The van der Waals surface area contributed by atoms with Crippen LogP contribution in [-0.2, 0) is 6.54 Å². The SMILES string of the molecule is CN(C)C(CNC(=O)N1CCN(Cc2cccs2)CC1)c1cccs1. The fourth-order valence-electron chi connectivity index (χ4n) is 3.05. The third kappa shape index (κ3) is 5.04. The number of hydrogen-bond donors (Lipinski definition) is 1. The summed E-state index contributed by atoms with van der Waals surface area (Å²) in [5.74, 6) is 0. The van der Waals surface area contributed by atoms with E-state index in [-0.39, 0.29) is 12.1 Å². The number of likely N-dealkylation sites (N-methyl/N-ethyl adjacent to an activating group) is 1. The van der Waals surface area contributed by atoms with E-state index in [1.165, 1.54) is 9.75 Å². The molecular weight excluding hydrogens is 352 g/mol. The average Bonchev–Trinajstić information content (AvgIpc) is 3.29. The summed E-state index contributed by atoms with van der Waals surface area (Å²) in [5, 5.41) is 7.32. The van der Waals surface area contributed by atoms with Crippen LogP contribution in [0.1, 0.15) is 15.8 Å². The van der Waals surface area contributed by atoms with Crippen LogP contribution in [0.25, 0.3) is 0 Å². The Kier molecular flexibility index (Phi) is 6.47. The van der Waals surface area contributed by atoms with Gasteiger partial charge in [-0.2, -0.15) is 0 Å². The summed E-state index contributed by atoms with van der Waals surface area (Å²) in [5.41, 5.74) is 0. The van der Waals surface area contributed by atoms with E-state index in [0.29, 0.717) is 6.54 Å². The molecule has 1 atom stereocenters. The summed E-state index contributed by atoms with van der Waals surface area (Å²) in [7, 11) is 4.11. The lowest BCUT2D eigenvalue weighted by Crippen LogP contribution is -2.52. The molecule has 5 nitrogen and oxygen atoms in total. The van der Waals surface area contributed by atoms with Crippen LogP contribution in [0.4, 0.5) is 4.79 Å². The number of nitrogens with one attached hydrogen (secondary N) is 1. The molecular formula is C18H26N4OS2. The van der Waals surface area contributed by atoms with E-state index in [4.69, 9.17) is 0 Å². The van der Waals surface area contributed by atoms with E-state index in [9.17, 15) is 4.79 Å². The van der Waals surface area contributed by atoms with Crippen LogP contribution in [0.5, 0.6) is 0 Å². The number of carbonyl (C=O) groups excluding carboxylic acids is 1. The van der Waals surface area contributed by atoms with Gasteiger partial charge in [-0.3, -0.25) is 4.90 Å². The smallest absolute Gasteiger partial charge is 0.317 e. The predicted molar refractivity (Wildman–Crippen MR) is 105 cm³/mol. The van der Waals surface area contributed by atoms with Gasteiger partial charge in [-0.05, 0) is 37.0 Å². The number of thiophene rings is 2. The van der Waals surface area contributed by atoms with Crippen molar-refractivity contribution in [1.82, 2.24) is 20.0 Å². The fraction of sp³-hybridized carbons (Fsp3) is 0.500. The second-order valence-corrected chi connectivity index (χ2v) is 8.53. The number of rotatable bonds is 6. The molecule has 1 saturated heterocycles. The Bertz CT molecular complexity index is 634. The normalized spacial score (nSPS) is 17.0. The molecule has 0 radical (unpaired) electrons. The number of urea groups is 1. The number of nitrogens with zero attached hydrogens (tertiary/aromatic N) is 3. The summed E-state index contributed by atoms with van der Waals surface area (Å²) in [4.78, 5) is 21.7. The summed E-state index contributed by atoms with van der Waals surface area (Å²) in [6.45, 7) is 5.10. The molecule has 0 aliphatic carbocycles. The minimum Gasteiger partial charge on any atom is -0.336 e. The number of piperazine rings is 1. The lowest BCUT2D eigenvalue weighted by Gasteiger charge is -2.35. The zero-order valence-corrected chi connectivity index (χ0v) is 16.5. The molecule has 3 rings (SSSR count). The molecule has 3 heterocycles. The number of amides is 2. The maximum Gasteiger partial charge on any atom is 0.317 e. The monoisotopic (exact) mass is 378 g/mol. The Hall–Kier alpha value is -1.41. The third-order valence-electron chi connectivity index (χ3n) is 4.56. The molecule has 1 N–H and O–H groups in total. The van der Waals surface area contributed by atoms with Crippen molar-refractivity contribution >= 4 is 28.7 Å². The van der Waals surface area contributed by atoms with Crippen molar-refractivity contribution in [2.45, 2.75) is 12.6 Å². The van der Waals surface area contributed by atoms with Gasteiger partial charge in [-0.15, -0.1) is 22.7 Å². The van der Waals surface area contributed by atoms with Crippen LogP contribution in [0, 0.1) is 0 Å². The first kappa shape index (κ1) is 18.4. The summed E-state index contributed by atoms with van der Waals surface area (Å²) >= 11 is 3.53. The molecule has 0 spiro atoms. The van der Waals surface area contributed by atoms with Gasteiger partial charge in [0.05, 0.1) is 6.04 Å². The molecule has 25 heavy (non-hydrogen) atoms. The van der Waals surface area contributed by atoms with Crippen LogP contribution in [0.2, 0.25) is 0 Å². The molecule has 136 valence electrons. The van der Waals surface area contributed by atoms with Crippen LogP contribution >= 0.6 is 22.7 Å². The van der Waals surface area contributed by atoms with Gasteiger partial charge in [-0.1, -0.05) is 12.1 Å². The third-order valence-corrected chi connectivity index (χ3v) is 6.40. The maximum absolute atomic E-state index is 12.5.